The van der Waals surface area contributed by atoms with E-state index >= 15 is 0 Å². The minimum Gasteiger partial charge on any atom is -0.385 e. The number of nitrogens with zero attached hydrogens (tertiary/aromatic N) is 6. The molecule has 16 nitrogen and oxygen atoms in total. The fourth-order valence-electron chi connectivity index (χ4n) is 7.36. The van der Waals surface area contributed by atoms with Gasteiger partial charge in [-0.2, -0.15) is 4.98 Å². The number of hydrogen-bond donors (Lipinski definition) is 3. The van der Waals surface area contributed by atoms with E-state index < -0.39 is 39.5 Å². The Kier molecular flexibility index (Phi) is 9.91. The van der Waals surface area contributed by atoms with Gasteiger partial charge >= 0.3 is 0 Å². The highest BCUT2D eigenvalue weighted by atomic mass is 32.2. The maximum atomic E-state index is 13.1. The van der Waals surface area contributed by atoms with E-state index in [0.717, 1.165) is 27.5 Å². The third-order valence-corrected chi connectivity index (χ3v) is 11.5. The first kappa shape index (κ1) is 37.3. The molecule has 5 aromatic rings. The van der Waals surface area contributed by atoms with E-state index in [0.29, 0.717) is 62.8 Å². The highest BCUT2D eigenvalue weighted by Gasteiger charge is 2.44. The molecule has 57 heavy (non-hydrogen) atoms. The number of carbonyl (C=O) groups is 5. The fourth-order valence-corrected chi connectivity index (χ4v) is 7.99. The number of pyridine rings is 1. The van der Waals surface area contributed by atoms with Crippen molar-refractivity contribution in [2.45, 2.75) is 36.6 Å². The number of piperidine rings is 1. The second-order valence-corrected chi connectivity index (χ2v) is 16.2. The van der Waals surface area contributed by atoms with Crippen LogP contribution in [-0.2, 0) is 24.2 Å². The smallest absolute Gasteiger partial charge is 0.262 e. The molecule has 1 unspecified atom stereocenters. The first-order valence-electron chi connectivity index (χ1n) is 18.6. The Hall–Kier alpha value is -6.62. The molecule has 0 radical (unpaired) electrons. The molecular weight excluding hydrogens is 751 g/mol. The molecule has 17 heteroatoms. The lowest BCUT2D eigenvalue weighted by Crippen LogP contribution is -2.54. The summed E-state index contributed by atoms with van der Waals surface area (Å²) in [6, 6.07) is 24.1. The summed E-state index contributed by atoms with van der Waals surface area (Å²) in [6.45, 7) is 3.06. The molecule has 0 bridgehead atoms. The highest BCUT2D eigenvalue weighted by Crippen LogP contribution is 2.30. The van der Waals surface area contributed by atoms with Gasteiger partial charge in [0.15, 0.2) is 15.5 Å². The van der Waals surface area contributed by atoms with Gasteiger partial charge in [0.05, 0.1) is 21.7 Å². The Morgan fingerprint density at radius 3 is 2.30 bits per heavy atom. The number of piperazine rings is 1. The van der Waals surface area contributed by atoms with Crippen LogP contribution < -0.4 is 20.9 Å². The van der Waals surface area contributed by atoms with Crippen molar-refractivity contribution in [2.75, 3.05) is 54.5 Å². The van der Waals surface area contributed by atoms with E-state index in [2.05, 4.69) is 30.9 Å². The number of amides is 5. The van der Waals surface area contributed by atoms with Crippen molar-refractivity contribution < 1.29 is 32.4 Å². The van der Waals surface area contributed by atoms with Crippen molar-refractivity contribution in [3.05, 3.63) is 96.1 Å². The first-order chi connectivity index (χ1) is 27.4. The molecule has 5 amide bonds. The van der Waals surface area contributed by atoms with Crippen molar-refractivity contribution >= 4 is 68.0 Å². The molecule has 2 saturated heterocycles. The van der Waals surface area contributed by atoms with Gasteiger partial charge in [-0.3, -0.25) is 34.2 Å². The number of sulfone groups is 1. The molecule has 8 rings (SSSR count). The van der Waals surface area contributed by atoms with E-state index in [1.165, 1.54) is 6.26 Å². The SMILES string of the molecule is CS(=O)(=O)c1ccc(-c2cccc3nc(Nc4ccc(N5CCN(C(=O)CCCNc6ccc7c(c6)C(=O)N(C6CCC(=O)NC6=O)C7=O)CC5)cc4)nn23)cc1. The lowest BCUT2D eigenvalue weighted by atomic mass is 10.0. The van der Waals surface area contributed by atoms with E-state index in [1.54, 1.807) is 47.0 Å². The van der Waals surface area contributed by atoms with Crippen LogP contribution in [0.15, 0.2) is 89.8 Å². The Bertz CT molecular complexity index is 2530. The van der Waals surface area contributed by atoms with Gasteiger partial charge in [-0.15, -0.1) is 5.10 Å². The first-order valence-corrected chi connectivity index (χ1v) is 20.5. The third-order valence-electron chi connectivity index (χ3n) is 10.4. The van der Waals surface area contributed by atoms with Gasteiger partial charge in [-0.1, -0.05) is 18.2 Å². The molecule has 0 aliphatic carbocycles. The molecule has 1 atom stereocenters. The average Bonchev–Trinajstić information content (AvgIpc) is 3.73. The van der Waals surface area contributed by atoms with Gasteiger partial charge in [0, 0.05) is 74.4 Å². The number of nitrogens with one attached hydrogen (secondary N) is 3. The molecular formula is C40H39N9O7S. The summed E-state index contributed by atoms with van der Waals surface area (Å²) in [5.41, 5.74) is 5.11. The molecule has 3 aromatic carbocycles. The van der Waals surface area contributed by atoms with Gasteiger partial charge in [0.2, 0.25) is 23.7 Å². The Balaban J connectivity index is 0.796. The molecule has 0 spiro atoms. The number of carbonyl (C=O) groups excluding carboxylic acids is 5. The topological polar surface area (TPSA) is 195 Å². The summed E-state index contributed by atoms with van der Waals surface area (Å²) in [4.78, 5) is 72.9. The number of imide groups is 2. The van der Waals surface area contributed by atoms with Crippen LogP contribution in [0, 0.1) is 0 Å². The monoisotopic (exact) mass is 789 g/mol. The number of anilines is 4. The van der Waals surface area contributed by atoms with Crippen LogP contribution >= 0.6 is 0 Å². The van der Waals surface area contributed by atoms with E-state index in [1.807, 2.05) is 47.4 Å². The number of benzene rings is 3. The van der Waals surface area contributed by atoms with Crippen LogP contribution in [0.1, 0.15) is 46.4 Å². The summed E-state index contributed by atoms with van der Waals surface area (Å²) in [5.74, 6) is -1.70. The van der Waals surface area contributed by atoms with Gasteiger partial charge in [0.1, 0.15) is 6.04 Å². The fraction of sp³-hybridized carbons (Fsp3) is 0.275. The number of fused-ring (bicyclic) bond motifs is 2. The van der Waals surface area contributed by atoms with Gasteiger partial charge in [-0.05, 0) is 79.6 Å². The van der Waals surface area contributed by atoms with Crippen molar-refractivity contribution in [3.63, 3.8) is 0 Å². The summed E-state index contributed by atoms with van der Waals surface area (Å²) in [7, 11) is -3.30. The van der Waals surface area contributed by atoms with E-state index in [4.69, 9.17) is 0 Å². The lowest BCUT2D eigenvalue weighted by molar-refractivity contribution is -0.136. The van der Waals surface area contributed by atoms with E-state index in [-0.39, 0.29) is 34.8 Å². The Morgan fingerprint density at radius 1 is 0.860 bits per heavy atom. The normalized spacial score (nSPS) is 17.2. The Labute approximate surface area is 327 Å². The minimum atomic E-state index is -3.30. The number of hydrogen-bond acceptors (Lipinski definition) is 12. The minimum absolute atomic E-state index is 0.0576. The zero-order valence-electron chi connectivity index (χ0n) is 31.0. The molecule has 2 fully saturated rings. The maximum Gasteiger partial charge on any atom is 0.262 e. The van der Waals surface area contributed by atoms with Crippen molar-refractivity contribution in [1.29, 1.82) is 0 Å². The average molecular weight is 790 g/mol. The second kappa shape index (κ2) is 15.1. The predicted octanol–water partition coefficient (Wildman–Crippen LogP) is 3.49. The molecule has 2 aromatic heterocycles. The molecule has 292 valence electrons. The zero-order chi connectivity index (χ0) is 39.8. The summed E-state index contributed by atoms with van der Waals surface area (Å²) >= 11 is 0. The largest absolute Gasteiger partial charge is 0.385 e. The zero-order valence-corrected chi connectivity index (χ0v) is 31.8. The second-order valence-electron chi connectivity index (χ2n) is 14.2. The van der Waals surface area contributed by atoms with Crippen LogP contribution in [-0.4, -0.2) is 107 Å². The van der Waals surface area contributed by atoms with Crippen LogP contribution in [0.3, 0.4) is 0 Å². The van der Waals surface area contributed by atoms with Crippen LogP contribution in [0.2, 0.25) is 0 Å². The Morgan fingerprint density at radius 2 is 1.58 bits per heavy atom. The van der Waals surface area contributed by atoms with Crippen molar-refractivity contribution in [3.8, 4) is 11.3 Å². The lowest BCUT2D eigenvalue weighted by Gasteiger charge is -2.36. The molecule has 5 heterocycles. The quantitative estimate of drug-likeness (QED) is 0.130. The molecule has 3 aliphatic rings. The van der Waals surface area contributed by atoms with Crippen molar-refractivity contribution in [2.24, 2.45) is 0 Å². The highest BCUT2D eigenvalue weighted by molar-refractivity contribution is 7.90. The van der Waals surface area contributed by atoms with E-state index in [9.17, 15) is 32.4 Å². The molecule has 3 N–H and O–H groups in total. The predicted molar refractivity (Wildman–Crippen MR) is 211 cm³/mol. The maximum absolute atomic E-state index is 13.1. The van der Waals surface area contributed by atoms with Gasteiger partial charge in [0.25, 0.3) is 11.8 Å². The summed E-state index contributed by atoms with van der Waals surface area (Å²) in [6.07, 6.45) is 2.26. The standard InChI is InChI=1S/C40H39N9O7S/c1-57(55,56)29-14-7-25(8-15-29)32-4-2-5-34-43-40(45-49(32)34)42-26-9-12-28(13-10-26)46-20-22-47(23-21-46)36(51)6-3-19-41-27-11-16-30-31(24-27)39(54)48(38(30)53)33-17-18-35(50)44-37(33)52/h2,4-5,7-16,24,33,41H,3,6,17-23H2,1H3,(H,42,45)(H,44,50,52). The number of aromatic nitrogens is 3. The molecule has 0 saturated carbocycles. The molecule has 3 aliphatic heterocycles. The van der Waals surface area contributed by atoms with Crippen molar-refractivity contribution in [1.82, 2.24) is 29.7 Å². The van der Waals surface area contributed by atoms with Crippen LogP contribution in [0.4, 0.5) is 23.0 Å². The summed E-state index contributed by atoms with van der Waals surface area (Å²) in [5, 5.41) is 13.3. The van der Waals surface area contributed by atoms with Gasteiger partial charge in [-0.25, -0.2) is 12.9 Å². The van der Waals surface area contributed by atoms with Crippen LogP contribution in [0.25, 0.3) is 16.9 Å². The summed E-state index contributed by atoms with van der Waals surface area (Å²) < 4.78 is 25.5. The van der Waals surface area contributed by atoms with Gasteiger partial charge < -0.3 is 20.4 Å². The number of rotatable bonds is 11. The third kappa shape index (κ3) is 7.65. The van der Waals surface area contributed by atoms with Crippen LogP contribution in [0.5, 0.6) is 0 Å².